The number of halogens is 1. The van der Waals surface area contributed by atoms with E-state index in [2.05, 4.69) is 31.2 Å². The number of benzene rings is 2. The van der Waals surface area contributed by atoms with Gasteiger partial charge in [0.05, 0.1) is 25.4 Å². The zero-order valence-corrected chi connectivity index (χ0v) is 18.0. The Morgan fingerprint density at radius 1 is 1.17 bits per heavy atom. The molecule has 0 aliphatic rings. The SMILES string of the molecule is CCOC(=O)c1cn(C(c2ccccc2)c2cc3cc(Br)ccc3nc2OC)nn1. The van der Waals surface area contributed by atoms with Crippen LogP contribution in [0.25, 0.3) is 10.9 Å². The van der Waals surface area contributed by atoms with E-state index in [-0.39, 0.29) is 12.3 Å². The van der Waals surface area contributed by atoms with Crippen molar-refractivity contribution >= 4 is 32.8 Å². The Morgan fingerprint density at radius 2 is 1.97 bits per heavy atom. The molecule has 8 heteroatoms. The van der Waals surface area contributed by atoms with Gasteiger partial charge < -0.3 is 9.47 Å². The Kier molecular flexibility index (Phi) is 5.76. The summed E-state index contributed by atoms with van der Waals surface area (Å²) in [5, 5.41) is 9.18. The van der Waals surface area contributed by atoms with Crippen molar-refractivity contribution in [3.63, 3.8) is 0 Å². The lowest BCUT2D eigenvalue weighted by molar-refractivity contribution is 0.0519. The van der Waals surface area contributed by atoms with Crippen molar-refractivity contribution in [3.05, 3.63) is 82.1 Å². The molecule has 1 atom stereocenters. The molecule has 0 aliphatic carbocycles. The second-order valence-corrected chi connectivity index (χ2v) is 7.46. The summed E-state index contributed by atoms with van der Waals surface area (Å²) in [6.07, 6.45) is 1.58. The molecule has 1 unspecified atom stereocenters. The molecule has 0 radical (unpaired) electrons. The molecule has 0 amide bonds. The minimum Gasteiger partial charge on any atom is -0.481 e. The Bertz CT molecular complexity index is 1190. The summed E-state index contributed by atoms with van der Waals surface area (Å²) in [5.74, 6) is -0.0325. The predicted molar refractivity (Wildman–Crippen MR) is 116 cm³/mol. The Labute approximate surface area is 181 Å². The third kappa shape index (κ3) is 3.91. The quantitative estimate of drug-likeness (QED) is 0.391. The molecule has 2 aromatic carbocycles. The number of methoxy groups -OCH3 is 1. The summed E-state index contributed by atoms with van der Waals surface area (Å²) in [4.78, 5) is 16.8. The first-order chi connectivity index (χ1) is 14.6. The van der Waals surface area contributed by atoms with Gasteiger partial charge in [0.2, 0.25) is 5.88 Å². The molecular formula is C22H19BrN4O3. The molecule has 0 saturated heterocycles. The molecular weight excluding hydrogens is 448 g/mol. The van der Waals surface area contributed by atoms with Gasteiger partial charge in [-0.1, -0.05) is 51.5 Å². The molecule has 0 fully saturated rings. The average molecular weight is 467 g/mol. The van der Waals surface area contributed by atoms with Gasteiger partial charge in [-0.25, -0.2) is 14.5 Å². The van der Waals surface area contributed by atoms with E-state index >= 15 is 0 Å². The molecule has 0 spiro atoms. The second kappa shape index (κ2) is 8.62. The van der Waals surface area contributed by atoms with Crippen LogP contribution in [0.4, 0.5) is 0 Å². The van der Waals surface area contributed by atoms with Crippen LogP contribution in [-0.2, 0) is 4.74 Å². The van der Waals surface area contributed by atoms with Crippen molar-refractivity contribution < 1.29 is 14.3 Å². The van der Waals surface area contributed by atoms with E-state index in [0.29, 0.717) is 5.88 Å². The van der Waals surface area contributed by atoms with Gasteiger partial charge in [0.1, 0.15) is 6.04 Å². The highest BCUT2D eigenvalue weighted by atomic mass is 79.9. The fourth-order valence-electron chi connectivity index (χ4n) is 3.32. The van der Waals surface area contributed by atoms with E-state index in [9.17, 15) is 4.79 Å². The predicted octanol–water partition coefficient (Wildman–Crippen LogP) is 4.41. The van der Waals surface area contributed by atoms with Crippen LogP contribution in [0.15, 0.2) is 65.3 Å². The molecule has 152 valence electrons. The normalized spacial score (nSPS) is 12.0. The number of fused-ring (bicyclic) bond motifs is 1. The standard InChI is InChI=1S/C22H19BrN4O3/c1-3-30-22(28)19-13-27(26-25-19)20(14-7-5-4-6-8-14)17-12-15-11-16(23)9-10-18(15)24-21(17)29-2/h4-13,20H,3H2,1-2H3. The Morgan fingerprint density at radius 3 is 2.70 bits per heavy atom. The van der Waals surface area contributed by atoms with E-state index in [1.54, 1.807) is 24.9 Å². The highest BCUT2D eigenvalue weighted by Crippen LogP contribution is 2.34. The summed E-state index contributed by atoms with van der Waals surface area (Å²) < 4.78 is 13.3. The fraction of sp³-hybridized carbons (Fsp3) is 0.182. The number of carbonyl (C=O) groups is 1. The Balaban J connectivity index is 1.90. The number of hydrogen-bond acceptors (Lipinski definition) is 6. The van der Waals surface area contributed by atoms with Gasteiger partial charge in [0.15, 0.2) is 5.69 Å². The van der Waals surface area contributed by atoms with Crippen molar-refractivity contribution in [2.24, 2.45) is 0 Å². The minimum atomic E-state index is -0.511. The van der Waals surface area contributed by atoms with E-state index < -0.39 is 12.0 Å². The summed E-state index contributed by atoms with van der Waals surface area (Å²) in [5.41, 5.74) is 2.71. The highest BCUT2D eigenvalue weighted by Gasteiger charge is 2.25. The van der Waals surface area contributed by atoms with Gasteiger partial charge in [-0.2, -0.15) is 0 Å². The second-order valence-electron chi connectivity index (χ2n) is 6.54. The molecule has 7 nitrogen and oxygen atoms in total. The van der Waals surface area contributed by atoms with Crippen LogP contribution < -0.4 is 4.74 Å². The molecule has 0 aliphatic heterocycles. The summed E-state index contributed by atoms with van der Waals surface area (Å²) >= 11 is 3.52. The van der Waals surface area contributed by atoms with Crippen molar-refractivity contribution in [3.8, 4) is 5.88 Å². The van der Waals surface area contributed by atoms with Crippen LogP contribution >= 0.6 is 15.9 Å². The van der Waals surface area contributed by atoms with Crippen LogP contribution in [0.3, 0.4) is 0 Å². The molecule has 2 aromatic heterocycles. The zero-order valence-electron chi connectivity index (χ0n) is 16.4. The molecule has 4 rings (SSSR count). The van der Waals surface area contributed by atoms with Crippen LogP contribution in [0.1, 0.15) is 34.6 Å². The molecule has 2 heterocycles. The monoisotopic (exact) mass is 466 g/mol. The number of carbonyl (C=O) groups excluding carboxylic acids is 1. The Hall–Kier alpha value is -3.26. The number of hydrogen-bond donors (Lipinski definition) is 0. The smallest absolute Gasteiger partial charge is 0.360 e. The van der Waals surface area contributed by atoms with E-state index in [4.69, 9.17) is 9.47 Å². The largest absolute Gasteiger partial charge is 0.481 e. The minimum absolute atomic E-state index is 0.147. The van der Waals surface area contributed by atoms with Gasteiger partial charge in [-0.15, -0.1) is 5.10 Å². The van der Waals surface area contributed by atoms with Crippen molar-refractivity contribution in [2.45, 2.75) is 13.0 Å². The third-order valence-corrected chi connectivity index (χ3v) is 5.13. The molecule has 0 saturated carbocycles. The zero-order chi connectivity index (χ0) is 21.1. The third-order valence-electron chi connectivity index (χ3n) is 4.63. The van der Waals surface area contributed by atoms with Gasteiger partial charge in [-0.05, 0) is 36.8 Å². The van der Waals surface area contributed by atoms with Crippen LogP contribution in [0.5, 0.6) is 5.88 Å². The lowest BCUT2D eigenvalue weighted by Gasteiger charge is -2.20. The van der Waals surface area contributed by atoms with Gasteiger partial charge in [0.25, 0.3) is 0 Å². The number of esters is 1. The number of ether oxygens (including phenoxy) is 2. The first-order valence-corrected chi connectivity index (χ1v) is 10.2. The first kappa shape index (κ1) is 20.0. The number of rotatable bonds is 6. The fourth-order valence-corrected chi connectivity index (χ4v) is 3.70. The maximum atomic E-state index is 12.1. The molecule has 30 heavy (non-hydrogen) atoms. The van der Waals surface area contributed by atoms with Gasteiger partial charge in [0, 0.05) is 15.4 Å². The van der Waals surface area contributed by atoms with Gasteiger partial charge in [-0.3, -0.25) is 0 Å². The van der Waals surface area contributed by atoms with Crippen LogP contribution in [0, 0.1) is 0 Å². The molecule has 4 aromatic rings. The van der Waals surface area contributed by atoms with E-state index in [1.807, 2.05) is 54.6 Å². The van der Waals surface area contributed by atoms with Crippen LogP contribution in [0.2, 0.25) is 0 Å². The average Bonchev–Trinajstić information content (AvgIpc) is 3.24. The van der Waals surface area contributed by atoms with Crippen molar-refractivity contribution in [1.82, 2.24) is 20.0 Å². The van der Waals surface area contributed by atoms with Gasteiger partial charge >= 0.3 is 5.97 Å². The maximum Gasteiger partial charge on any atom is 0.360 e. The first-order valence-electron chi connectivity index (χ1n) is 9.38. The van der Waals surface area contributed by atoms with E-state index in [1.165, 1.54) is 0 Å². The lowest BCUT2D eigenvalue weighted by Crippen LogP contribution is -2.15. The maximum absolute atomic E-state index is 12.1. The number of aromatic nitrogens is 4. The molecule has 0 N–H and O–H groups in total. The summed E-state index contributed by atoms with van der Waals surface area (Å²) in [6.45, 7) is 2.02. The van der Waals surface area contributed by atoms with Crippen LogP contribution in [-0.4, -0.2) is 39.7 Å². The van der Waals surface area contributed by atoms with E-state index in [0.717, 1.165) is 26.5 Å². The summed E-state index contributed by atoms with van der Waals surface area (Å²) in [7, 11) is 1.59. The van der Waals surface area contributed by atoms with Crippen molar-refractivity contribution in [1.29, 1.82) is 0 Å². The number of nitrogens with zero attached hydrogens (tertiary/aromatic N) is 4. The van der Waals surface area contributed by atoms with Crippen molar-refractivity contribution in [2.75, 3.05) is 13.7 Å². The highest BCUT2D eigenvalue weighted by molar-refractivity contribution is 9.10. The molecule has 0 bridgehead atoms. The lowest BCUT2D eigenvalue weighted by atomic mass is 9.98. The number of pyridine rings is 1. The summed E-state index contributed by atoms with van der Waals surface area (Å²) in [6, 6.07) is 17.3. The topological polar surface area (TPSA) is 79.1 Å².